The van der Waals surface area contributed by atoms with Crippen molar-refractivity contribution in [2.24, 2.45) is 0 Å². The zero-order valence-electron chi connectivity index (χ0n) is 8.55. The van der Waals surface area contributed by atoms with Gasteiger partial charge in [-0.25, -0.2) is 0 Å². The lowest BCUT2D eigenvalue weighted by molar-refractivity contribution is 0.879. The molecule has 0 bridgehead atoms. The van der Waals surface area contributed by atoms with Crippen LogP contribution < -0.4 is 0 Å². The van der Waals surface area contributed by atoms with E-state index in [9.17, 15) is 0 Å². The second kappa shape index (κ2) is 7.29. The molecule has 0 aromatic carbocycles. The van der Waals surface area contributed by atoms with Gasteiger partial charge in [0.05, 0.1) is 5.69 Å². The van der Waals surface area contributed by atoms with Crippen LogP contribution in [0, 0.1) is 0 Å². The zero-order valence-corrected chi connectivity index (χ0v) is 9.37. The van der Waals surface area contributed by atoms with Crippen LogP contribution in [0.4, 0.5) is 0 Å². The van der Waals surface area contributed by atoms with Crippen molar-refractivity contribution in [3.63, 3.8) is 0 Å². The maximum atomic E-state index is 4.32. The first-order valence-electron chi connectivity index (χ1n) is 4.80. The van der Waals surface area contributed by atoms with Gasteiger partial charge in [0.2, 0.25) is 0 Å². The number of hydrogen-bond acceptors (Lipinski definition) is 2. The zero-order chi connectivity index (χ0) is 9.40. The predicted octanol–water partition coefficient (Wildman–Crippen LogP) is 3.68. The summed E-state index contributed by atoms with van der Waals surface area (Å²) in [5.74, 6) is 0. The van der Waals surface area contributed by atoms with Crippen LogP contribution in [0.2, 0.25) is 0 Å². The Bertz CT molecular complexity index is 193. The second-order valence-corrected chi connectivity index (χ2v) is 3.02. The highest BCUT2D eigenvalue weighted by Crippen LogP contribution is 2.12. The first kappa shape index (κ1) is 11.6. The quantitative estimate of drug-likeness (QED) is 0.700. The molecule has 1 aromatic heterocycles. The Morgan fingerprint density at radius 2 is 2.00 bits per heavy atom. The predicted molar refractivity (Wildman–Crippen MR) is 56.8 cm³/mol. The molecule has 0 aliphatic carbocycles. The lowest BCUT2D eigenvalue weighted by Crippen LogP contribution is -1.88. The summed E-state index contributed by atoms with van der Waals surface area (Å²) in [7, 11) is 0. The number of aryl methyl sites for hydroxylation is 2. The fraction of sp³-hybridized carbons (Fsp3) is 0.700. The van der Waals surface area contributed by atoms with Gasteiger partial charge in [0, 0.05) is 5.38 Å². The van der Waals surface area contributed by atoms with Crippen molar-refractivity contribution in [2.75, 3.05) is 0 Å². The van der Waals surface area contributed by atoms with E-state index >= 15 is 0 Å². The van der Waals surface area contributed by atoms with Crippen LogP contribution in [-0.4, -0.2) is 4.37 Å². The third kappa shape index (κ3) is 3.35. The van der Waals surface area contributed by atoms with Crippen molar-refractivity contribution < 1.29 is 0 Å². The molecular formula is C10H19NS. The van der Waals surface area contributed by atoms with Crippen molar-refractivity contribution in [1.29, 1.82) is 0 Å². The van der Waals surface area contributed by atoms with Crippen LogP contribution in [0.25, 0.3) is 0 Å². The van der Waals surface area contributed by atoms with E-state index in [1.165, 1.54) is 17.7 Å². The van der Waals surface area contributed by atoms with Gasteiger partial charge in [0.25, 0.3) is 0 Å². The van der Waals surface area contributed by atoms with Gasteiger partial charge in [0.15, 0.2) is 0 Å². The molecule has 0 N–H and O–H groups in total. The van der Waals surface area contributed by atoms with Crippen molar-refractivity contribution in [3.8, 4) is 0 Å². The Hall–Kier alpha value is -0.370. The second-order valence-electron chi connectivity index (χ2n) is 2.39. The molecule has 0 radical (unpaired) electrons. The molecule has 0 amide bonds. The molecular weight excluding hydrogens is 166 g/mol. The number of aromatic nitrogens is 1. The van der Waals surface area contributed by atoms with Crippen LogP contribution in [0.1, 0.15) is 45.4 Å². The first-order chi connectivity index (χ1) is 5.88. The molecule has 0 unspecified atom stereocenters. The first-order valence-corrected chi connectivity index (χ1v) is 5.64. The van der Waals surface area contributed by atoms with Gasteiger partial charge in [-0.2, -0.15) is 4.37 Å². The minimum Gasteiger partial charge on any atom is -0.197 e. The molecule has 12 heavy (non-hydrogen) atoms. The molecule has 0 atom stereocenters. The molecule has 0 saturated carbocycles. The molecule has 70 valence electrons. The molecule has 0 saturated heterocycles. The Morgan fingerprint density at radius 1 is 1.33 bits per heavy atom. The van der Waals surface area contributed by atoms with Gasteiger partial charge in [-0.1, -0.05) is 34.1 Å². The van der Waals surface area contributed by atoms with E-state index in [-0.39, 0.29) is 0 Å². The van der Waals surface area contributed by atoms with Crippen molar-refractivity contribution in [1.82, 2.24) is 4.37 Å². The Labute approximate surface area is 80.0 Å². The van der Waals surface area contributed by atoms with Gasteiger partial charge < -0.3 is 0 Å². The number of rotatable bonds is 3. The molecule has 2 heteroatoms. The Morgan fingerprint density at radius 3 is 2.50 bits per heavy atom. The summed E-state index contributed by atoms with van der Waals surface area (Å²) < 4.78 is 4.32. The maximum Gasteiger partial charge on any atom is 0.0573 e. The molecule has 0 aliphatic rings. The summed E-state index contributed by atoms with van der Waals surface area (Å²) in [5, 5.41) is 2.16. The summed E-state index contributed by atoms with van der Waals surface area (Å²) >= 11 is 1.58. The molecule has 0 spiro atoms. The highest BCUT2D eigenvalue weighted by atomic mass is 32.1. The molecule has 1 heterocycles. The van der Waals surface area contributed by atoms with Crippen LogP contribution in [0.3, 0.4) is 0 Å². The maximum absolute atomic E-state index is 4.32. The summed E-state index contributed by atoms with van der Waals surface area (Å²) in [6.45, 7) is 8.38. The molecule has 0 aliphatic heterocycles. The third-order valence-electron chi connectivity index (χ3n) is 1.60. The van der Waals surface area contributed by atoms with E-state index in [4.69, 9.17) is 0 Å². The molecule has 0 fully saturated rings. The van der Waals surface area contributed by atoms with Gasteiger partial charge in [-0.05, 0) is 29.9 Å². The molecule has 1 rings (SSSR count). The standard InChI is InChI=1S/C8H13NS.C2H6/c1-3-5-8-7(4-2)6-10-9-8;1-2/h6H,3-5H2,1-2H3;1-2H3. The van der Waals surface area contributed by atoms with E-state index in [1.807, 2.05) is 13.8 Å². The summed E-state index contributed by atoms with van der Waals surface area (Å²) in [6, 6.07) is 0. The van der Waals surface area contributed by atoms with E-state index in [0.29, 0.717) is 0 Å². The van der Waals surface area contributed by atoms with E-state index in [0.717, 1.165) is 12.8 Å². The van der Waals surface area contributed by atoms with E-state index < -0.39 is 0 Å². The highest BCUT2D eigenvalue weighted by Gasteiger charge is 2.00. The summed E-state index contributed by atoms with van der Waals surface area (Å²) in [5.41, 5.74) is 2.75. The minimum absolute atomic E-state index is 1.13. The van der Waals surface area contributed by atoms with Crippen LogP contribution in [-0.2, 0) is 12.8 Å². The largest absolute Gasteiger partial charge is 0.197 e. The average Bonchev–Trinajstić information content (AvgIpc) is 2.56. The lowest BCUT2D eigenvalue weighted by Gasteiger charge is -1.94. The third-order valence-corrected chi connectivity index (χ3v) is 2.31. The molecule has 1 nitrogen and oxygen atoms in total. The van der Waals surface area contributed by atoms with Crippen LogP contribution >= 0.6 is 11.5 Å². The summed E-state index contributed by atoms with van der Waals surface area (Å²) in [6.07, 6.45) is 3.48. The van der Waals surface area contributed by atoms with E-state index in [2.05, 4.69) is 23.6 Å². The average molecular weight is 185 g/mol. The van der Waals surface area contributed by atoms with Crippen LogP contribution in [0.15, 0.2) is 5.38 Å². The van der Waals surface area contributed by atoms with Gasteiger partial charge in [-0.15, -0.1) is 0 Å². The summed E-state index contributed by atoms with van der Waals surface area (Å²) in [4.78, 5) is 0. The highest BCUT2D eigenvalue weighted by molar-refractivity contribution is 7.03. The van der Waals surface area contributed by atoms with Crippen LogP contribution in [0.5, 0.6) is 0 Å². The van der Waals surface area contributed by atoms with E-state index in [1.54, 1.807) is 11.5 Å². The minimum atomic E-state index is 1.13. The topological polar surface area (TPSA) is 12.9 Å². The van der Waals surface area contributed by atoms with Crippen molar-refractivity contribution in [2.45, 2.75) is 47.0 Å². The van der Waals surface area contributed by atoms with Gasteiger partial charge >= 0.3 is 0 Å². The normalized spacial score (nSPS) is 9.00. The monoisotopic (exact) mass is 185 g/mol. The fourth-order valence-electron chi connectivity index (χ4n) is 1.01. The van der Waals surface area contributed by atoms with Gasteiger partial charge in [0.1, 0.15) is 0 Å². The fourth-order valence-corrected chi connectivity index (χ4v) is 1.83. The van der Waals surface area contributed by atoms with Gasteiger partial charge in [-0.3, -0.25) is 0 Å². The Kier molecular flexibility index (Phi) is 7.06. The smallest absolute Gasteiger partial charge is 0.0573 e. The van der Waals surface area contributed by atoms with Crippen molar-refractivity contribution >= 4 is 11.5 Å². The number of hydrogen-bond donors (Lipinski definition) is 0. The Balaban J connectivity index is 0.000000561. The SMILES string of the molecule is CC.CCCc1nscc1CC. The van der Waals surface area contributed by atoms with Crippen molar-refractivity contribution in [3.05, 3.63) is 16.6 Å². The lowest BCUT2D eigenvalue weighted by atomic mass is 10.1. The molecule has 1 aromatic rings. The number of nitrogens with zero attached hydrogens (tertiary/aromatic N) is 1.